The summed E-state index contributed by atoms with van der Waals surface area (Å²) >= 11 is 0. The molecule has 78 valence electrons. The molecule has 0 atom stereocenters. The van der Waals surface area contributed by atoms with E-state index < -0.39 is 0 Å². The Morgan fingerprint density at radius 3 is 2.79 bits per heavy atom. The zero-order valence-electron chi connectivity index (χ0n) is 8.37. The molecule has 1 fully saturated rings. The van der Waals surface area contributed by atoms with Crippen molar-refractivity contribution < 1.29 is 9.53 Å². The van der Waals surface area contributed by atoms with E-state index in [0.717, 1.165) is 19.6 Å². The third-order valence-electron chi connectivity index (χ3n) is 2.31. The highest BCUT2D eigenvalue weighted by atomic mass is 16.5. The van der Waals surface area contributed by atoms with Gasteiger partial charge >= 0.3 is 5.97 Å². The smallest absolute Gasteiger partial charge is 0.307 e. The van der Waals surface area contributed by atoms with E-state index in [1.165, 1.54) is 12.8 Å². The van der Waals surface area contributed by atoms with E-state index in [4.69, 9.17) is 10.00 Å². The maximum absolute atomic E-state index is 11.1. The van der Waals surface area contributed by atoms with Gasteiger partial charge < -0.3 is 9.64 Å². The molecule has 0 amide bonds. The molecule has 1 aliphatic rings. The number of likely N-dealkylation sites (tertiary alicyclic amines) is 1. The fourth-order valence-electron chi connectivity index (χ4n) is 1.54. The van der Waals surface area contributed by atoms with Crippen molar-refractivity contribution in [3.8, 4) is 6.07 Å². The van der Waals surface area contributed by atoms with Gasteiger partial charge in [0.25, 0.3) is 0 Å². The number of nitriles is 1. The molecule has 1 aliphatic heterocycles. The molecule has 0 N–H and O–H groups in total. The molecule has 0 aromatic carbocycles. The van der Waals surface area contributed by atoms with Crippen LogP contribution in [0.5, 0.6) is 0 Å². The highest BCUT2D eigenvalue weighted by Crippen LogP contribution is 2.07. The molecule has 0 aromatic heterocycles. The minimum Gasteiger partial charge on any atom is -0.465 e. The lowest BCUT2D eigenvalue weighted by Crippen LogP contribution is -2.23. The van der Waals surface area contributed by atoms with Gasteiger partial charge in [0.05, 0.1) is 18.9 Å². The fraction of sp³-hybridized carbons (Fsp3) is 0.800. The van der Waals surface area contributed by atoms with Gasteiger partial charge in [0.1, 0.15) is 6.61 Å². The van der Waals surface area contributed by atoms with Crippen LogP contribution < -0.4 is 0 Å². The van der Waals surface area contributed by atoms with E-state index in [-0.39, 0.29) is 19.0 Å². The van der Waals surface area contributed by atoms with Crippen molar-refractivity contribution in [1.82, 2.24) is 4.90 Å². The second-order valence-corrected chi connectivity index (χ2v) is 3.43. The average Bonchev–Trinajstić information content (AvgIpc) is 2.68. The lowest BCUT2D eigenvalue weighted by Gasteiger charge is -2.13. The molecule has 0 saturated carbocycles. The van der Waals surface area contributed by atoms with Crippen molar-refractivity contribution in [2.75, 3.05) is 26.2 Å². The quantitative estimate of drug-likeness (QED) is 0.485. The van der Waals surface area contributed by atoms with Crippen LogP contribution >= 0.6 is 0 Å². The molecule has 4 heteroatoms. The normalized spacial score (nSPS) is 16.5. The number of hydrogen-bond acceptors (Lipinski definition) is 4. The van der Waals surface area contributed by atoms with Gasteiger partial charge in [0.2, 0.25) is 0 Å². The SMILES string of the molecule is N#CCCOC(=O)CCN1CCCC1. The summed E-state index contributed by atoms with van der Waals surface area (Å²) in [5, 5.41) is 8.23. The molecule has 4 nitrogen and oxygen atoms in total. The first-order valence-corrected chi connectivity index (χ1v) is 5.08. The first kappa shape index (κ1) is 11.0. The van der Waals surface area contributed by atoms with Crippen molar-refractivity contribution >= 4 is 5.97 Å². The minimum absolute atomic E-state index is 0.188. The van der Waals surface area contributed by atoms with Gasteiger partial charge in [0, 0.05) is 6.54 Å². The van der Waals surface area contributed by atoms with Crippen LogP contribution in [-0.4, -0.2) is 37.1 Å². The van der Waals surface area contributed by atoms with Gasteiger partial charge in [-0.2, -0.15) is 5.26 Å². The Morgan fingerprint density at radius 1 is 1.43 bits per heavy atom. The van der Waals surface area contributed by atoms with Gasteiger partial charge in [-0.3, -0.25) is 4.79 Å². The summed E-state index contributed by atoms with van der Waals surface area (Å²) in [4.78, 5) is 13.4. The standard InChI is InChI=1S/C10H16N2O2/c11-5-3-9-14-10(13)4-8-12-6-1-2-7-12/h1-4,6-9H2. The lowest BCUT2D eigenvalue weighted by molar-refractivity contribution is -0.143. The molecular formula is C10H16N2O2. The fourth-order valence-corrected chi connectivity index (χ4v) is 1.54. The number of hydrogen-bond donors (Lipinski definition) is 0. The van der Waals surface area contributed by atoms with Crippen LogP contribution in [0.4, 0.5) is 0 Å². The minimum atomic E-state index is -0.188. The highest BCUT2D eigenvalue weighted by Gasteiger charge is 2.12. The van der Waals surface area contributed by atoms with Crippen molar-refractivity contribution in [2.45, 2.75) is 25.7 Å². The Bertz CT molecular complexity index is 217. The first-order chi connectivity index (χ1) is 6.83. The Balaban J connectivity index is 2.00. The largest absolute Gasteiger partial charge is 0.465 e. The molecule has 0 aromatic rings. The van der Waals surface area contributed by atoms with Crippen molar-refractivity contribution in [3.63, 3.8) is 0 Å². The molecule has 1 heterocycles. The van der Waals surface area contributed by atoms with Gasteiger partial charge in [-0.15, -0.1) is 0 Å². The van der Waals surface area contributed by atoms with Gasteiger partial charge in [-0.05, 0) is 25.9 Å². The van der Waals surface area contributed by atoms with Crippen molar-refractivity contribution in [3.05, 3.63) is 0 Å². The molecule has 0 spiro atoms. The Labute approximate surface area is 84.4 Å². The van der Waals surface area contributed by atoms with Crippen LogP contribution in [0.3, 0.4) is 0 Å². The summed E-state index contributed by atoms with van der Waals surface area (Å²) in [6.45, 7) is 3.23. The van der Waals surface area contributed by atoms with E-state index in [1.54, 1.807) is 0 Å². The number of ether oxygens (including phenoxy) is 1. The monoisotopic (exact) mass is 196 g/mol. The third-order valence-corrected chi connectivity index (χ3v) is 2.31. The Hall–Kier alpha value is -1.08. The number of nitrogens with zero attached hydrogens (tertiary/aromatic N) is 2. The summed E-state index contributed by atoms with van der Waals surface area (Å²) in [7, 11) is 0. The molecule has 0 aliphatic carbocycles. The molecule has 0 unspecified atom stereocenters. The van der Waals surface area contributed by atoms with E-state index in [9.17, 15) is 4.79 Å². The first-order valence-electron chi connectivity index (χ1n) is 5.08. The van der Waals surface area contributed by atoms with Crippen molar-refractivity contribution in [2.24, 2.45) is 0 Å². The number of carbonyl (C=O) groups excluding carboxylic acids is 1. The van der Waals surface area contributed by atoms with Gasteiger partial charge in [-0.1, -0.05) is 0 Å². The van der Waals surface area contributed by atoms with Crippen LogP contribution in [0.25, 0.3) is 0 Å². The summed E-state index contributed by atoms with van der Waals surface area (Å²) in [6, 6.07) is 1.93. The number of esters is 1. The number of carbonyl (C=O) groups is 1. The van der Waals surface area contributed by atoms with Crippen LogP contribution in [-0.2, 0) is 9.53 Å². The second-order valence-electron chi connectivity index (χ2n) is 3.43. The van der Waals surface area contributed by atoms with Crippen LogP contribution in [0.1, 0.15) is 25.7 Å². The number of rotatable bonds is 5. The highest BCUT2D eigenvalue weighted by molar-refractivity contribution is 5.69. The predicted molar refractivity (Wildman–Crippen MR) is 51.5 cm³/mol. The third kappa shape index (κ3) is 4.24. The van der Waals surface area contributed by atoms with E-state index in [0.29, 0.717) is 6.42 Å². The van der Waals surface area contributed by atoms with E-state index >= 15 is 0 Å². The molecule has 0 bridgehead atoms. The summed E-state index contributed by atoms with van der Waals surface area (Å²) < 4.78 is 4.85. The topological polar surface area (TPSA) is 53.3 Å². The Morgan fingerprint density at radius 2 is 2.14 bits per heavy atom. The lowest BCUT2D eigenvalue weighted by atomic mass is 10.4. The maximum Gasteiger partial charge on any atom is 0.307 e. The Kier molecular flexibility index (Phi) is 5.02. The van der Waals surface area contributed by atoms with Gasteiger partial charge in [-0.25, -0.2) is 0 Å². The second kappa shape index (κ2) is 6.39. The van der Waals surface area contributed by atoms with Crippen LogP contribution in [0.2, 0.25) is 0 Å². The zero-order chi connectivity index (χ0) is 10.2. The predicted octanol–water partition coefficient (Wildman–Crippen LogP) is 0.929. The molecular weight excluding hydrogens is 180 g/mol. The van der Waals surface area contributed by atoms with E-state index in [2.05, 4.69) is 4.90 Å². The molecule has 1 saturated heterocycles. The van der Waals surface area contributed by atoms with Crippen LogP contribution in [0.15, 0.2) is 0 Å². The van der Waals surface area contributed by atoms with E-state index in [1.807, 2.05) is 6.07 Å². The molecule has 14 heavy (non-hydrogen) atoms. The summed E-state index contributed by atoms with van der Waals surface area (Å²) in [6.07, 6.45) is 3.22. The zero-order valence-corrected chi connectivity index (χ0v) is 8.37. The summed E-state index contributed by atoms with van der Waals surface area (Å²) in [5.41, 5.74) is 0. The van der Waals surface area contributed by atoms with Crippen molar-refractivity contribution in [1.29, 1.82) is 5.26 Å². The van der Waals surface area contributed by atoms with Gasteiger partial charge in [0.15, 0.2) is 0 Å². The molecule has 0 radical (unpaired) electrons. The molecule has 1 rings (SSSR count). The summed E-state index contributed by atoms with van der Waals surface area (Å²) in [5.74, 6) is -0.188. The maximum atomic E-state index is 11.1. The average molecular weight is 196 g/mol. The van der Waals surface area contributed by atoms with Crippen LogP contribution in [0, 0.1) is 11.3 Å².